The summed E-state index contributed by atoms with van der Waals surface area (Å²) in [4.78, 5) is 33.8. The molecule has 8 nitrogen and oxygen atoms in total. The van der Waals surface area contributed by atoms with Crippen molar-refractivity contribution >= 4 is 33.9 Å². The van der Waals surface area contributed by atoms with E-state index in [-0.39, 0.29) is 11.8 Å². The predicted molar refractivity (Wildman–Crippen MR) is 105 cm³/mol. The molecule has 28 heavy (non-hydrogen) atoms. The van der Waals surface area contributed by atoms with E-state index >= 15 is 0 Å². The molecule has 8 heteroatoms. The van der Waals surface area contributed by atoms with Crippen LogP contribution in [0.15, 0.2) is 54.7 Å². The minimum absolute atomic E-state index is 0.239. The maximum absolute atomic E-state index is 12.6. The van der Waals surface area contributed by atoms with Crippen LogP contribution in [0.3, 0.4) is 0 Å². The van der Waals surface area contributed by atoms with Gasteiger partial charge < -0.3 is 10.6 Å². The maximum Gasteiger partial charge on any atom is 0.269 e. The number of carbonyl (C=O) groups excluding carboxylic acids is 2. The van der Waals surface area contributed by atoms with E-state index in [0.717, 1.165) is 11.0 Å². The second-order valence-corrected chi connectivity index (χ2v) is 6.24. The number of para-hydroxylation sites is 3. The highest BCUT2D eigenvalue weighted by Crippen LogP contribution is 2.19. The number of amides is 2. The van der Waals surface area contributed by atoms with Gasteiger partial charge in [-0.15, -0.1) is 0 Å². The van der Waals surface area contributed by atoms with Gasteiger partial charge in [0.15, 0.2) is 0 Å². The number of aryl methyl sites for hydroxylation is 1. The number of nitrogens with zero attached hydrogens (tertiary/aromatic N) is 4. The first-order valence-corrected chi connectivity index (χ1v) is 8.83. The van der Waals surface area contributed by atoms with Gasteiger partial charge in [0.05, 0.1) is 22.1 Å². The highest BCUT2D eigenvalue weighted by atomic mass is 16.2. The maximum atomic E-state index is 12.6. The fraction of sp³-hybridized carbons (Fsp3) is 0.150. The molecule has 2 aromatic carbocycles. The molecule has 0 unspecified atom stereocenters. The van der Waals surface area contributed by atoms with Crippen LogP contribution >= 0.6 is 0 Å². The highest BCUT2D eigenvalue weighted by molar-refractivity contribution is 6.06. The van der Waals surface area contributed by atoms with E-state index in [2.05, 4.69) is 25.7 Å². The third-order valence-corrected chi connectivity index (χ3v) is 4.36. The predicted octanol–water partition coefficient (Wildman–Crippen LogP) is 1.68. The molecular formula is C20H18N6O2. The first kappa shape index (κ1) is 17.6. The van der Waals surface area contributed by atoms with Gasteiger partial charge in [-0.1, -0.05) is 18.2 Å². The fourth-order valence-corrected chi connectivity index (χ4v) is 2.96. The summed E-state index contributed by atoms with van der Waals surface area (Å²) in [5.41, 5.74) is 3.65. The van der Waals surface area contributed by atoms with Gasteiger partial charge in [0.2, 0.25) is 0 Å². The second kappa shape index (κ2) is 7.43. The Kier molecular flexibility index (Phi) is 4.67. The molecule has 4 rings (SSSR count). The quantitative estimate of drug-likeness (QED) is 0.409. The Morgan fingerprint density at radius 1 is 0.857 bits per heavy atom. The molecule has 0 aliphatic heterocycles. The van der Waals surface area contributed by atoms with Crippen LogP contribution in [0.4, 0.5) is 0 Å². The van der Waals surface area contributed by atoms with E-state index in [9.17, 15) is 9.59 Å². The molecule has 2 amide bonds. The monoisotopic (exact) mass is 374 g/mol. The summed E-state index contributed by atoms with van der Waals surface area (Å²) in [6, 6.07) is 14.5. The molecule has 2 N–H and O–H groups in total. The third kappa shape index (κ3) is 3.39. The van der Waals surface area contributed by atoms with Crippen molar-refractivity contribution in [2.75, 3.05) is 13.1 Å². The standard InChI is InChI=1S/C20H18N6O2/c1-26-17(9-10-23-26)20(28)22-12-11-21-19(27)13-5-4-8-16-18(13)25-15-7-3-2-6-14(15)24-16/h2-10H,11-12H2,1H3,(H,21,27)(H,22,28). The largest absolute Gasteiger partial charge is 0.350 e. The molecule has 0 radical (unpaired) electrons. The van der Waals surface area contributed by atoms with Crippen LogP contribution in [0, 0.1) is 0 Å². The molecule has 140 valence electrons. The van der Waals surface area contributed by atoms with Crippen LogP contribution in [-0.2, 0) is 7.05 Å². The third-order valence-electron chi connectivity index (χ3n) is 4.36. The first-order valence-electron chi connectivity index (χ1n) is 8.83. The van der Waals surface area contributed by atoms with Crippen molar-refractivity contribution in [1.82, 2.24) is 30.4 Å². The Bertz CT molecular complexity index is 1180. The van der Waals surface area contributed by atoms with Crippen molar-refractivity contribution in [2.45, 2.75) is 0 Å². The number of nitrogens with one attached hydrogen (secondary N) is 2. The van der Waals surface area contributed by atoms with Gasteiger partial charge in [0, 0.05) is 26.3 Å². The summed E-state index contributed by atoms with van der Waals surface area (Å²) in [5, 5.41) is 9.52. The molecule has 0 saturated heterocycles. The Hall–Kier alpha value is -3.81. The molecule has 0 aliphatic rings. The number of hydrogen-bond donors (Lipinski definition) is 2. The lowest BCUT2D eigenvalue weighted by atomic mass is 10.1. The number of rotatable bonds is 5. The van der Waals surface area contributed by atoms with Crippen molar-refractivity contribution in [3.05, 3.63) is 66.0 Å². The van der Waals surface area contributed by atoms with Gasteiger partial charge in [0.1, 0.15) is 11.2 Å². The number of carbonyl (C=O) groups is 2. The molecular weight excluding hydrogens is 356 g/mol. The molecule has 0 saturated carbocycles. The summed E-state index contributed by atoms with van der Waals surface area (Å²) >= 11 is 0. The minimum atomic E-state index is -0.259. The van der Waals surface area contributed by atoms with E-state index in [1.165, 1.54) is 4.68 Å². The number of benzene rings is 2. The minimum Gasteiger partial charge on any atom is -0.350 e. The number of fused-ring (bicyclic) bond motifs is 2. The smallest absolute Gasteiger partial charge is 0.269 e. The van der Waals surface area contributed by atoms with Gasteiger partial charge in [0.25, 0.3) is 11.8 Å². The molecule has 2 heterocycles. The Balaban J connectivity index is 1.44. The van der Waals surface area contributed by atoms with Gasteiger partial charge in [-0.25, -0.2) is 9.97 Å². The summed E-state index contributed by atoms with van der Waals surface area (Å²) < 4.78 is 1.49. The Labute approximate surface area is 160 Å². The molecule has 0 spiro atoms. The highest BCUT2D eigenvalue weighted by Gasteiger charge is 2.13. The molecule has 0 bridgehead atoms. The first-order chi connectivity index (χ1) is 13.6. The summed E-state index contributed by atoms with van der Waals surface area (Å²) in [6.07, 6.45) is 1.56. The zero-order valence-electron chi connectivity index (χ0n) is 15.2. The van der Waals surface area contributed by atoms with E-state index in [1.807, 2.05) is 30.3 Å². The number of aromatic nitrogens is 4. The molecule has 0 fully saturated rings. The van der Waals surface area contributed by atoms with Crippen molar-refractivity contribution in [3.63, 3.8) is 0 Å². The second-order valence-electron chi connectivity index (χ2n) is 6.24. The van der Waals surface area contributed by atoms with E-state index < -0.39 is 0 Å². The SMILES string of the molecule is Cn1nccc1C(=O)NCCNC(=O)c1cccc2nc3ccccc3nc12. The van der Waals surface area contributed by atoms with Crippen molar-refractivity contribution in [2.24, 2.45) is 7.05 Å². The normalized spacial score (nSPS) is 10.9. The summed E-state index contributed by atoms with van der Waals surface area (Å²) in [5.74, 6) is -0.498. The summed E-state index contributed by atoms with van der Waals surface area (Å²) in [7, 11) is 1.70. The van der Waals surface area contributed by atoms with Crippen molar-refractivity contribution in [1.29, 1.82) is 0 Å². The van der Waals surface area contributed by atoms with Gasteiger partial charge in [-0.05, 0) is 30.3 Å². The zero-order chi connectivity index (χ0) is 19.5. The Morgan fingerprint density at radius 2 is 1.54 bits per heavy atom. The average molecular weight is 374 g/mol. The van der Waals surface area contributed by atoms with Crippen LogP contribution in [0.25, 0.3) is 22.1 Å². The van der Waals surface area contributed by atoms with Crippen LogP contribution in [0.2, 0.25) is 0 Å². The summed E-state index contributed by atoms with van der Waals surface area (Å²) in [6.45, 7) is 0.592. The van der Waals surface area contributed by atoms with E-state index in [1.54, 1.807) is 31.4 Å². The van der Waals surface area contributed by atoms with Crippen LogP contribution < -0.4 is 10.6 Å². The molecule has 4 aromatic rings. The van der Waals surface area contributed by atoms with E-state index in [4.69, 9.17) is 0 Å². The number of hydrogen-bond acceptors (Lipinski definition) is 5. The lowest BCUT2D eigenvalue weighted by molar-refractivity contribution is 0.0923. The molecule has 0 atom stereocenters. The molecule has 0 aliphatic carbocycles. The van der Waals surface area contributed by atoms with Crippen LogP contribution in [0.5, 0.6) is 0 Å². The molecule has 2 aromatic heterocycles. The zero-order valence-corrected chi connectivity index (χ0v) is 15.2. The topological polar surface area (TPSA) is 102 Å². The van der Waals surface area contributed by atoms with Crippen LogP contribution in [-0.4, -0.2) is 44.7 Å². The van der Waals surface area contributed by atoms with Crippen molar-refractivity contribution < 1.29 is 9.59 Å². The van der Waals surface area contributed by atoms with Gasteiger partial charge in [-0.2, -0.15) is 5.10 Å². The van der Waals surface area contributed by atoms with Gasteiger partial charge >= 0.3 is 0 Å². The van der Waals surface area contributed by atoms with Gasteiger partial charge in [-0.3, -0.25) is 14.3 Å². The van der Waals surface area contributed by atoms with Crippen LogP contribution in [0.1, 0.15) is 20.8 Å². The van der Waals surface area contributed by atoms with E-state index in [0.29, 0.717) is 35.4 Å². The fourth-order valence-electron chi connectivity index (χ4n) is 2.96. The Morgan fingerprint density at radius 3 is 2.25 bits per heavy atom. The lowest BCUT2D eigenvalue weighted by Gasteiger charge is -2.09. The van der Waals surface area contributed by atoms with Crippen molar-refractivity contribution in [3.8, 4) is 0 Å². The lowest BCUT2D eigenvalue weighted by Crippen LogP contribution is -2.35. The average Bonchev–Trinajstić information content (AvgIpc) is 3.14.